The van der Waals surface area contributed by atoms with Crippen LogP contribution in [0.15, 0.2) is 71.3 Å². The van der Waals surface area contributed by atoms with Gasteiger partial charge in [0.05, 0.1) is 17.2 Å². The van der Waals surface area contributed by atoms with Crippen LogP contribution in [-0.4, -0.2) is 0 Å². The molecule has 0 radical (unpaired) electrons. The zero-order chi connectivity index (χ0) is 29.0. The van der Waals surface area contributed by atoms with Crippen LogP contribution in [0.1, 0.15) is 92.9 Å². The minimum absolute atomic E-state index is 0.436. The number of hydrogen-bond donors (Lipinski definition) is 0. The molecule has 3 atom stereocenters. The molecule has 7 rings (SSSR count). The third kappa shape index (κ3) is 4.53. The molecule has 0 amide bonds. The second kappa shape index (κ2) is 10.7. The summed E-state index contributed by atoms with van der Waals surface area (Å²) in [6, 6.07) is 24.4. The molecule has 3 nitrogen and oxygen atoms in total. The highest BCUT2D eigenvalue weighted by molar-refractivity contribution is 6.14. The highest BCUT2D eigenvalue weighted by atomic mass is 16.3. The average Bonchev–Trinajstić information content (AvgIpc) is 3.39. The minimum Gasteiger partial charge on any atom is -0.454 e. The molecule has 5 aromatic rings. The van der Waals surface area contributed by atoms with Crippen molar-refractivity contribution in [1.29, 1.82) is 5.26 Å². The first kappa shape index (κ1) is 27.0. The number of aryl methyl sites for hydroxylation is 2. The van der Waals surface area contributed by atoms with Gasteiger partial charge in [0.25, 0.3) is 0 Å². The molecule has 0 aliphatic heterocycles. The first-order chi connectivity index (χ1) is 20.4. The number of hydrogen-bond acceptors (Lipinski definition) is 2. The fraction of sp³-hybridized carbons (Fsp3) is 0.385. The summed E-state index contributed by atoms with van der Waals surface area (Å²) in [5.41, 5.74) is 10.5. The van der Waals surface area contributed by atoms with Crippen LogP contribution in [0.2, 0.25) is 0 Å². The summed E-state index contributed by atoms with van der Waals surface area (Å²) in [4.78, 5) is 0. The molecule has 2 aliphatic carbocycles. The van der Waals surface area contributed by atoms with E-state index in [9.17, 15) is 5.26 Å². The van der Waals surface area contributed by atoms with Gasteiger partial charge >= 0.3 is 0 Å². The van der Waals surface area contributed by atoms with Gasteiger partial charge in [-0.1, -0.05) is 75.9 Å². The van der Waals surface area contributed by atoms with Gasteiger partial charge in [0.15, 0.2) is 6.20 Å². The Balaban J connectivity index is 1.34. The number of aromatic nitrogens is 1. The van der Waals surface area contributed by atoms with Gasteiger partial charge in [0.1, 0.15) is 18.2 Å². The minimum atomic E-state index is 0.436. The van der Waals surface area contributed by atoms with Crippen LogP contribution in [0.25, 0.3) is 44.3 Å². The van der Waals surface area contributed by atoms with Crippen LogP contribution in [0.3, 0.4) is 0 Å². The normalized spacial score (nSPS) is 20.6. The summed E-state index contributed by atoms with van der Waals surface area (Å²) in [6.07, 6.45) is 11.9. The zero-order valence-corrected chi connectivity index (χ0v) is 25.4. The van der Waals surface area contributed by atoms with E-state index in [2.05, 4.69) is 99.2 Å². The molecule has 2 aliphatic rings. The molecule has 2 fully saturated rings. The smallest absolute Gasteiger partial charge is 0.216 e. The first-order valence-electron chi connectivity index (χ1n) is 15.9. The highest BCUT2D eigenvalue weighted by Gasteiger charge is 2.33. The lowest BCUT2D eigenvalue weighted by atomic mass is 9.66. The van der Waals surface area contributed by atoms with Crippen LogP contribution in [0, 0.1) is 30.1 Å². The largest absolute Gasteiger partial charge is 0.454 e. The maximum Gasteiger partial charge on any atom is 0.216 e. The van der Waals surface area contributed by atoms with Crippen LogP contribution in [-0.2, 0) is 7.05 Å². The van der Waals surface area contributed by atoms with Gasteiger partial charge in [-0.25, -0.2) is 4.57 Å². The molecule has 3 aromatic carbocycles. The Hall–Kier alpha value is -3.90. The Bertz CT molecular complexity index is 1840. The Morgan fingerprint density at radius 3 is 2.29 bits per heavy atom. The van der Waals surface area contributed by atoms with Crippen molar-refractivity contribution >= 4 is 21.9 Å². The van der Waals surface area contributed by atoms with Crippen molar-refractivity contribution in [3.05, 3.63) is 89.1 Å². The van der Waals surface area contributed by atoms with E-state index in [1.54, 1.807) is 0 Å². The van der Waals surface area contributed by atoms with E-state index in [0.29, 0.717) is 17.4 Å². The van der Waals surface area contributed by atoms with Gasteiger partial charge in [0, 0.05) is 28.5 Å². The van der Waals surface area contributed by atoms with E-state index >= 15 is 0 Å². The van der Waals surface area contributed by atoms with Gasteiger partial charge in [-0.15, -0.1) is 0 Å². The average molecular weight is 554 g/mol. The lowest BCUT2D eigenvalue weighted by molar-refractivity contribution is -0.660. The molecule has 3 unspecified atom stereocenters. The van der Waals surface area contributed by atoms with Gasteiger partial charge in [-0.3, -0.25) is 0 Å². The predicted molar refractivity (Wildman–Crippen MR) is 171 cm³/mol. The van der Waals surface area contributed by atoms with Crippen molar-refractivity contribution in [2.75, 3.05) is 0 Å². The maximum absolute atomic E-state index is 10.2. The summed E-state index contributed by atoms with van der Waals surface area (Å²) < 4.78 is 9.03. The molecule has 2 heterocycles. The van der Waals surface area contributed by atoms with Gasteiger partial charge in [-0.2, -0.15) is 5.26 Å². The van der Waals surface area contributed by atoms with Crippen LogP contribution >= 0.6 is 0 Å². The van der Waals surface area contributed by atoms with Crippen LogP contribution in [0.5, 0.6) is 0 Å². The van der Waals surface area contributed by atoms with Gasteiger partial charge < -0.3 is 4.42 Å². The van der Waals surface area contributed by atoms with E-state index in [1.807, 2.05) is 6.07 Å². The fourth-order valence-electron chi connectivity index (χ4n) is 7.99. The Labute approximate surface area is 249 Å². The SMILES string of the molecule is Cc1ccc2c(oc3c(-c4ccc(C5CCC6CCCCC6C5)cc4)c(C#N)ccc32)c1-c1cc(C(C)C)cc[n+]1C. The summed E-state index contributed by atoms with van der Waals surface area (Å²) in [5, 5.41) is 12.3. The second-order valence-corrected chi connectivity index (χ2v) is 13.3. The van der Waals surface area contributed by atoms with Crippen LogP contribution < -0.4 is 4.57 Å². The Morgan fingerprint density at radius 1 is 0.833 bits per heavy atom. The molecule has 2 aromatic heterocycles. The standard InChI is InChI=1S/C39H41N2O/c1-24(2)29-19-20-41(4)35(22-29)36-25(3)9-17-33-34-18-16-32(23-40)37(39(34)42-38(33)36)28-13-10-27(11-14-28)31-15-12-26-7-5-6-8-30(26)21-31/h9-11,13-14,16-20,22,24,26,30-31H,5-8,12,15,21H2,1-4H3/q+1. The number of furan rings is 1. The molecular formula is C39H41N2O+. The van der Waals surface area contributed by atoms with Gasteiger partial charge in [-0.05, 0) is 84.2 Å². The number of nitrogens with zero attached hydrogens (tertiary/aromatic N) is 2. The van der Waals surface area contributed by atoms with Crippen molar-refractivity contribution in [3.63, 3.8) is 0 Å². The molecular weight excluding hydrogens is 512 g/mol. The van der Waals surface area contributed by atoms with E-state index in [4.69, 9.17) is 4.42 Å². The lowest BCUT2D eigenvalue weighted by Gasteiger charge is -2.39. The first-order valence-corrected chi connectivity index (χ1v) is 15.9. The summed E-state index contributed by atoms with van der Waals surface area (Å²) in [6.45, 7) is 6.62. The van der Waals surface area contributed by atoms with E-state index < -0.39 is 0 Å². The number of pyridine rings is 1. The molecule has 3 heteroatoms. The second-order valence-electron chi connectivity index (χ2n) is 13.3. The van der Waals surface area contributed by atoms with E-state index in [-0.39, 0.29) is 0 Å². The van der Waals surface area contributed by atoms with Gasteiger partial charge in [0.2, 0.25) is 5.69 Å². The third-order valence-corrected chi connectivity index (χ3v) is 10.4. The van der Waals surface area contributed by atoms with E-state index in [0.717, 1.165) is 56.2 Å². The lowest BCUT2D eigenvalue weighted by Crippen LogP contribution is -2.31. The Kier molecular flexibility index (Phi) is 6.89. The molecule has 42 heavy (non-hydrogen) atoms. The van der Waals surface area contributed by atoms with Crippen molar-refractivity contribution in [3.8, 4) is 28.5 Å². The van der Waals surface area contributed by atoms with E-state index in [1.165, 1.54) is 61.6 Å². The van der Waals surface area contributed by atoms with Crippen molar-refractivity contribution < 1.29 is 8.98 Å². The molecule has 0 spiro atoms. The predicted octanol–water partition coefficient (Wildman–Crippen LogP) is 10.1. The van der Waals surface area contributed by atoms with Crippen molar-refractivity contribution in [1.82, 2.24) is 0 Å². The fourth-order valence-corrected chi connectivity index (χ4v) is 7.99. The highest BCUT2D eigenvalue weighted by Crippen LogP contribution is 2.47. The summed E-state index contributed by atoms with van der Waals surface area (Å²) in [7, 11) is 2.10. The molecule has 0 saturated heterocycles. The monoisotopic (exact) mass is 553 g/mol. The topological polar surface area (TPSA) is 40.8 Å². The summed E-state index contributed by atoms with van der Waals surface area (Å²) >= 11 is 0. The number of fused-ring (bicyclic) bond motifs is 4. The number of benzene rings is 3. The maximum atomic E-state index is 10.2. The molecule has 0 N–H and O–H groups in total. The third-order valence-electron chi connectivity index (χ3n) is 10.4. The quantitative estimate of drug-likeness (QED) is 0.208. The molecule has 212 valence electrons. The number of nitriles is 1. The van der Waals surface area contributed by atoms with Crippen molar-refractivity contribution in [2.24, 2.45) is 18.9 Å². The number of rotatable bonds is 4. The summed E-state index contributed by atoms with van der Waals surface area (Å²) in [5.74, 6) is 2.96. The Morgan fingerprint density at radius 2 is 1.55 bits per heavy atom. The van der Waals surface area contributed by atoms with Crippen LogP contribution in [0.4, 0.5) is 0 Å². The molecule has 2 saturated carbocycles. The molecule has 0 bridgehead atoms. The zero-order valence-electron chi connectivity index (χ0n) is 25.4. The van der Waals surface area contributed by atoms with Crippen molar-refractivity contribution in [2.45, 2.75) is 77.6 Å².